The predicted octanol–water partition coefficient (Wildman–Crippen LogP) is 3.56. The van der Waals surface area contributed by atoms with Crippen molar-refractivity contribution in [2.45, 2.75) is 26.2 Å². The van der Waals surface area contributed by atoms with Crippen molar-refractivity contribution in [2.75, 3.05) is 18.4 Å². The van der Waals surface area contributed by atoms with Gasteiger partial charge >= 0.3 is 0 Å². The fourth-order valence-corrected chi connectivity index (χ4v) is 3.85. The summed E-state index contributed by atoms with van der Waals surface area (Å²) in [7, 11) is 0. The van der Waals surface area contributed by atoms with E-state index < -0.39 is 0 Å². The SMILES string of the molecule is CCc1ccsc1C(=O)N1CCC(CBr)CC1. The summed E-state index contributed by atoms with van der Waals surface area (Å²) in [5, 5.41) is 3.09. The molecular formula is C13H18BrNOS. The highest BCUT2D eigenvalue weighted by Crippen LogP contribution is 2.24. The van der Waals surface area contributed by atoms with Gasteiger partial charge in [-0.1, -0.05) is 22.9 Å². The van der Waals surface area contributed by atoms with Crippen LogP contribution in [0.5, 0.6) is 0 Å². The number of amides is 1. The fraction of sp³-hybridized carbons (Fsp3) is 0.615. The molecule has 0 saturated carbocycles. The van der Waals surface area contributed by atoms with Crippen molar-refractivity contribution in [3.63, 3.8) is 0 Å². The number of halogens is 1. The Kier molecular flexibility index (Phi) is 4.62. The van der Waals surface area contributed by atoms with Crippen molar-refractivity contribution >= 4 is 33.2 Å². The zero-order chi connectivity index (χ0) is 12.3. The quantitative estimate of drug-likeness (QED) is 0.781. The number of piperidine rings is 1. The molecule has 1 aliphatic heterocycles. The Labute approximate surface area is 115 Å². The molecule has 1 aromatic rings. The number of thiophene rings is 1. The fourth-order valence-electron chi connectivity index (χ4n) is 2.24. The van der Waals surface area contributed by atoms with E-state index in [9.17, 15) is 4.79 Å². The largest absolute Gasteiger partial charge is 0.338 e. The maximum atomic E-state index is 12.4. The molecule has 1 aliphatic rings. The lowest BCUT2D eigenvalue weighted by atomic mass is 9.99. The Morgan fingerprint density at radius 3 is 2.82 bits per heavy atom. The summed E-state index contributed by atoms with van der Waals surface area (Å²) < 4.78 is 0. The van der Waals surface area contributed by atoms with Gasteiger partial charge in [-0.25, -0.2) is 0 Å². The highest BCUT2D eigenvalue weighted by Gasteiger charge is 2.24. The van der Waals surface area contributed by atoms with Gasteiger partial charge in [0.05, 0.1) is 4.88 Å². The van der Waals surface area contributed by atoms with Gasteiger partial charge in [0.2, 0.25) is 0 Å². The Balaban J connectivity index is 2.02. The van der Waals surface area contributed by atoms with E-state index >= 15 is 0 Å². The Morgan fingerprint density at radius 2 is 2.24 bits per heavy atom. The number of alkyl halides is 1. The lowest BCUT2D eigenvalue weighted by Crippen LogP contribution is -2.38. The van der Waals surface area contributed by atoms with Crippen molar-refractivity contribution in [3.8, 4) is 0 Å². The first kappa shape index (κ1) is 13.1. The summed E-state index contributed by atoms with van der Waals surface area (Å²) >= 11 is 5.11. The van der Waals surface area contributed by atoms with Crippen LogP contribution in [-0.2, 0) is 6.42 Å². The molecule has 0 radical (unpaired) electrons. The van der Waals surface area contributed by atoms with Gasteiger partial charge in [0.15, 0.2) is 0 Å². The van der Waals surface area contributed by atoms with Gasteiger partial charge < -0.3 is 4.90 Å². The summed E-state index contributed by atoms with van der Waals surface area (Å²) in [5.41, 5.74) is 1.20. The number of carbonyl (C=O) groups excluding carboxylic acids is 1. The van der Waals surface area contributed by atoms with Gasteiger partial charge in [0.1, 0.15) is 0 Å². The van der Waals surface area contributed by atoms with E-state index in [1.165, 1.54) is 5.56 Å². The molecule has 0 spiro atoms. The van der Waals surface area contributed by atoms with Crippen molar-refractivity contribution in [2.24, 2.45) is 5.92 Å². The standard InChI is InChI=1S/C13H18BrNOS/c1-2-11-5-8-17-12(11)13(16)15-6-3-10(9-14)4-7-15/h5,8,10H,2-4,6-7,9H2,1H3. The van der Waals surface area contributed by atoms with Crippen LogP contribution in [0.25, 0.3) is 0 Å². The van der Waals surface area contributed by atoms with Crippen LogP contribution in [0.3, 0.4) is 0 Å². The van der Waals surface area contributed by atoms with Crippen LogP contribution in [-0.4, -0.2) is 29.2 Å². The van der Waals surface area contributed by atoms with Crippen LogP contribution < -0.4 is 0 Å². The third-order valence-electron chi connectivity index (χ3n) is 3.44. The van der Waals surface area contributed by atoms with Crippen LogP contribution in [0.1, 0.15) is 35.0 Å². The molecule has 1 aromatic heterocycles. The van der Waals surface area contributed by atoms with Gasteiger partial charge in [-0.05, 0) is 42.2 Å². The van der Waals surface area contributed by atoms with Crippen molar-refractivity contribution in [1.82, 2.24) is 4.90 Å². The molecule has 0 aromatic carbocycles. The van der Waals surface area contributed by atoms with Crippen molar-refractivity contribution in [3.05, 3.63) is 21.9 Å². The van der Waals surface area contributed by atoms with Gasteiger partial charge in [-0.15, -0.1) is 11.3 Å². The highest BCUT2D eigenvalue weighted by molar-refractivity contribution is 9.09. The smallest absolute Gasteiger partial charge is 0.264 e. The molecule has 2 heterocycles. The molecule has 4 heteroatoms. The number of likely N-dealkylation sites (tertiary alicyclic amines) is 1. The van der Waals surface area contributed by atoms with Crippen molar-refractivity contribution in [1.29, 1.82) is 0 Å². The van der Waals surface area contributed by atoms with Gasteiger partial charge in [-0.3, -0.25) is 4.79 Å². The van der Waals surface area contributed by atoms with Crippen LogP contribution in [0.4, 0.5) is 0 Å². The molecule has 1 saturated heterocycles. The van der Waals surface area contributed by atoms with E-state index in [2.05, 4.69) is 28.9 Å². The van der Waals surface area contributed by atoms with Crippen LogP contribution in [0.2, 0.25) is 0 Å². The monoisotopic (exact) mass is 315 g/mol. The predicted molar refractivity (Wildman–Crippen MR) is 76.1 cm³/mol. The zero-order valence-corrected chi connectivity index (χ0v) is 12.5. The molecule has 0 unspecified atom stereocenters. The third-order valence-corrected chi connectivity index (χ3v) is 5.30. The number of hydrogen-bond donors (Lipinski definition) is 0. The van der Waals surface area contributed by atoms with E-state index in [1.54, 1.807) is 11.3 Å². The number of rotatable bonds is 3. The molecule has 2 nitrogen and oxygen atoms in total. The van der Waals surface area contributed by atoms with E-state index in [-0.39, 0.29) is 5.91 Å². The second-order valence-electron chi connectivity index (χ2n) is 4.52. The second-order valence-corrected chi connectivity index (χ2v) is 6.08. The summed E-state index contributed by atoms with van der Waals surface area (Å²) in [6.07, 6.45) is 3.20. The number of aryl methyl sites for hydroxylation is 1. The van der Waals surface area contributed by atoms with Crippen LogP contribution in [0, 0.1) is 5.92 Å². The summed E-state index contributed by atoms with van der Waals surface area (Å²) in [6.45, 7) is 3.93. The Bertz CT molecular complexity index is 383. The zero-order valence-electron chi connectivity index (χ0n) is 10.1. The average Bonchev–Trinajstić information content (AvgIpc) is 2.86. The summed E-state index contributed by atoms with van der Waals surface area (Å²) in [4.78, 5) is 15.3. The molecule has 17 heavy (non-hydrogen) atoms. The molecule has 1 fully saturated rings. The first-order valence-electron chi connectivity index (χ1n) is 6.17. The highest BCUT2D eigenvalue weighted by atomic mass is 79.9. The minimum absolute atomic E-state index is 0.241. The molecule has 1 amide bonds. The molecule has 0 N–H and O–H groups in total. The number of nitrogens with zero attached hydrogens (tertiary/aromatic N) is 1. The lowest BCUT2D eigenvalue weighted by molar-refractivity contribution is 0.0703. The molecule has 94 valence electrons. The molecule has 0 bridgehead atoms. The Hall–Kier alpha value is -0.350. The maximum absolute atomic E-state index is 12.4. The normalized spacial score (nSPS) is 17.4. The molecule has 0 atom stereocenters. The molecular weight excluding hydrogens is 298 g/mol. The van der Waals surface area contributed by atoms with E-state index in [1.807, 2.05) is 10.3 Å². The minimum atomic E-state index is 0.241. The van der Waals surface area contributed by atoms with Crippen LogP contribution in [0.15, 0.2) is 11.4 Å². The second kappa shape index (κ2) is 6.01. The third kappa shape index (κ3) is 2.91. The topological polar surface area (TPSA) is 20.3 Å². The summed E-state index contributed by atoms with van der Waals surface area (Å²) in [6, 6.07) is 2.07. The maximum Gasteiger partial charge on any atom is 0.264 e. The van der Waals surface area contributed by atoms with E-state index in [0.717, 1.165) is 48.5 Å². The first-order chi connectivity index (χ1) is 8.26. The molecule has 0 aliphatic carbocycles. The number of carbonyl (C=O) groups is 1. The lowest BCUT2D eigenvalue weighted by Gasteiger charge is -2.31. The molecule has 2 rings (SSSR count). The Morgan fingerprint density at radius 1 is 1.53 bits per heavy atom. The van der Waals surface area contributed by atoms with Crippen LogP contribution >= 0.6 is 27.3 Å². The van der Waals surface area contributed by atoms with Gasteiger partial charge in [0, 0.05) is 18.4 Å². The van der Waals surface area contributed by atoms with E-state index in [0.29, 0.717) is 0 Å². The number of hydrogen-bond acceptors (Lipinski definition) is 2. The van der Waals surface area contributed by atoms with Crippen molar-refractivity contribution < 1.29 is 4.79 Å². The average molecular weight is 316 g/mol. The van der Waals surface area contributed by atoms with Gasteiger partial charge in [-0.2, -0.15) is 0 Å². The summed E-state index contributed by atoms with van der Waals surface area (Å²) in [5.74, 6) is 0.984. The van der Waals surface area contributed by atoms with E-state index in [4.69, 9.17) is 0 Å². The van der Waals surface area contributed by atoms with Gasteiger partial charge in [0.25, 0.3) is 5.91 Å². The first-order valence-corrected chi connectivity index (χ1v) is 8.18. The minimum Gasteiger partial charge on any atom is -0.338 e.